The topological polar surface area (TPSA) is 35.2 Å². The number of rotatable bonds is 3. The second-order valence-corrected chi connectivity index (χ2v) is 6.30. The third-order valence-corrected chi connectivity index (χ3v) is 4.37. The van der Waals surface area contributed by atoms with Crippen LogP contribution >= 0.6 is 15.9 Å². The van der Waals surface area contributed by atoms with Crippen molar-refractivity contribution in [1.82, 2.24) is 0 Å². The smallest absolute Gasteiger partial charge is 0.129 e. The lowest BCUT2D eigenvalue weighted by Crippen LogP contribution is -2.17. The van der Waals surface area contributed by atoms with Gasteiger partial charge in [0.15, 0.2) is 0 Å². The van der Waals surface area contributed by atoms with Crippen molar-refractivity contribution < 1.29 is 9.13 Å². The molecule has 0 heterocycles. The Morgan fingerprint density at radius 2 is 2.10 bits per heavy atom. The number of aryl methyl sites for hydroxylation is 1. The summed E-state index contributed by atoms with van der Waals surface area (Å²) in [5.41, 5.74) is 9.14. The van der Waals surface area contributed by atoms with Crippen LogP contribution in [0.1, 0.15) is 35.6 Å². The molecule has 2 nitrogen and oxygen atoms in total. The first-order valence-corrected chi connectivity index (χ1v) is 7.88. The highest BCUT2D eigenvalue weighted by Gasteiger charge is 2.17. The summed E-state index contributed by atoms with van der Waals surface area (Å²) in [6.45, 7) is 0.208. The first-order chi connectivity index (χ1) is 10.1. The fourth-order valence-corrected chi connectivity index (χ4v) is 3.13. The quantitative estimate of drug-likeness (QED) is 0.884. The minimum Gasteiger partial charge on any atom is -0.489 e. The maximum Gasteiger partial charge on any atom is 0.129 e. The summed E-state index contributed by atoms with van der Waals surface area (Å²) in [5, 5.41) is 0. The van der Waals surface area contributed by atoms with Crippen LogP contribution in [-0.2, 0) is 13.0 Å². The van der Waals surface area contributed by atoms with Crippen molar-refractivity contribution in [2.75, 3.05) is 0 Å². The number of fused-ring (bicyclic) bond motifs is 1. The number of nitrogens with two attached hydrogens (primary N) is 1. The summed E-state index contributed by atoms with van der Waals surface area (Å²) < 4.78 is 20.3. The number of benzene rings is 2. The molecule has 1 atom stereocenters. The van der Waals surface area contributed by atoms with Crippen LogP contribution in [0.15, 0.2) is 40.9 Å². The number of hydrogen-bond acceptors (Lipinski definition) is 2. The van der Waals surface area contributed by atoms with Crippen molar-refractivity contribution in [3.05, 3.63) is 63.4 Å². The lowest BCUT2D eigenvalue weighted by Gasteiger charge is -2.22. The largest absolute Gasteiger partial charge is 0.489 e. The summed E-state index contributed by atoms with van der Waals surface area (Å²) in [6, 6.07) is 10.9. The molecule has 1 aliphatic rings. The Hall–Kier alpha value is -1.39. The average Bonchev–Trinajstić information content (AvgIpc) is 2.49. The van der Waals surface area contributed by atoms with Crippen LogP contribution in [0.2, 0.25) is 0 Å². The van der Waals surface area contributed by atoms with E-state index >= 15 is 0 Å². The molecular weight excluding hydrogens is 333 g/mol. The molecule has 0 aromatic heterocycles. The molecule has 0 aliphatic heterocycles. The van der Waals surface area contributed by atoms with E-state index in [0.717, 1.165) is 35.0 Å². The van der Waals surface area contributed by atoms with Gasteiger partial charge in [-0.25, -0.2) is 4.39 Å². The third-order valence-electron chi connectivity index (χ3n) is 3.88. The SMILES string of the molecule is NC1CCCc2ccc(OCc3cc(Br)ccc3F)cc21. The van der Waals surface area contributed by atoms with Crippen LogP contribution in [-0.4, -0.2) is 0 Å². The molecule has 1 aliphatic carbocycles. The average molecular weight is 350 g/mol. The Labute approximate surface area is 132 Å². The first-order valence-electron chi connectivity index (χ1n) is 7.08. The lowest BCUT2D eigenvalue weighted by atomic mass is 9.88. The number of hydrogen-bond donors (Lipinski definition) is 1. The van der Waals surface area contributed by atoms with Gasteiger partial charge in [0, 0.05) is 16.1 Å². The van der Waals surface area contributed by atoms with Gasteiger partial charge in [0.25, 0.3) is 0 Å². The lowest BCUT2D eigenvalue weighted by molar-refractivity contribution is 0.299. The maximum atomic E-state index is 13.7. The zero-order chi connectivity index (χ0) is 14.8. The maximum absolute atomic E-state index is 13.7. The molecule has 3 rings (SSSR count). The van der Waals surface area contributed by atoms with Crippen molar-refractivity contribution in [1.29, 1.82) is 0 Å². The number of halogens is 2. The first kappa shape index (κ1) is 14.5. The Bertz CT molecular complexity index is 659. The third kappa shape index (κ3) is 3.27. The molecule has 110 valence electrons. The van der Waals surface area contributed by atoms with Gasteiger partial charge in [0.2, 0.25) is 0 Å². The van der Waals surface area contributed by atoms with Crippen LogP contribution in [0.4, 0.5) is 4.39 Å². The van der Waals surface area contributed by atoms with Crippen molar-refractivity contribution in [3.63, 3.8) is 0 Å². The standard InChI is InChI=1S/C17H17BrFNO/c18-13-5-7-16(19)12(8-13)10-21-14-6-4-11-2-1-3-17(20)15(11)9-14/h4-9,17H,1-3,10,20H2. The molecule has 2 aromatic rings. The summed E-state index contributed by atoms with van der Waals surface area (Å²) in [4.78, 5) is 0. The van der Waals surface area contributed by atoms with E-state index in [0.29, 0.717) is 5.56 Å². The molecule has 4 heteroatoms. The molecule has 0 bridgehead atoms. The Morgan fingerprint density at radius 1 is 1.24 bits per heavy atom. The van der Waals surface area contributed by atoms with E-state index in [4.69, 9.17) is 10.5 Å². The summed E-state index contributed by atoms with van der Waals surface area (Å²) >= 11 is 3.34. The zero-order valence-corrected chi connectivity index (χ0v) is 13.2. The minimum absolute atomic E-state index is 0.0832. The summed E-state index contributed by atoms with van der Waals surface area (Å²) in [5.74, 6) is 0.485. The molecule has 0 saturated carbocycles. The Morgan fingerprint density at radius 3 is 2.95 bits per heavy atom. The van der Waals surface area contributed by atoms with Gasteiger partial charge in [-0.05, 0) is 60.7 Å². The van der Waals surface area contributed by atoms with Crippen molar-refractivity contribution >= 4 is 15.9 Å². The van der Waals surface area contributed by atoms with Crippen LogP contribution in [0.25, 0.3) is 0 Å². The van der Waals surface area contributed by atoms with Gasteiger partial charge in [0.1, 0.15) is 18.2 Å². The van der Waals surface area contributed by atoms with Gasteiger partial charge in [-0.3, -0.25) is 0 Å². The minimum atomic E-state index is -0.257. The van der Waals surface area contributed by atoms with Gasteiger partial charge in [0.05, 0.1) is 0 Å². The monoisotopic (exact) mass is 349 g/mol. The predicted molar refractivity (Wildman–Crippen MR) is 84.7 cm³/mol. The van der Waals surface area contributed by atoms with Gasteiger partial charge in [-0.1, -0.05) is 22.0 Å². The highest BCUT2D eigenvalue weighted by Crippen LogP contribution is 2.31. The van der Waals surface area contributed by atoms with Gasteiger partial charge in [-0.2, -0.15) is 0 Å². The van der Waals surface area contributed by atoms with Gasteiger partial charge < -0.3 is 10.5 Å². The van der Waals surface area contributed by atoms with E-state index in [9.17, 15) is 4.39 Å². The van der Waals surface area contributed by atoms with E-state index in [1.165, 1.54) is 11.6 Å². The fourth-order valence-electron chi connectivity index (χ4n) is 2.72. The molecule has 2 aromatic carbocycles. The molecular formula is C17H17BrFNO. The van der Waals surface area contributed by atoms with E-state index in [-0.39, 0.29) is 18.5 Å². The highest BCUT2D eigenvalue weighted by atomic mass is 79.9. The second kappa shape index (κ2) is 6.16. The molecule has 21 heavy (non-hydrogen) atoms. The van der Waals surface area contributed by atoms with Crippen molar-refractivity contribution in [3.8, 4) is 5.75 Å². The van der Waals surface area contributed by atoms with Gasteiger partial charge >= 0.3 is 0 Å². The predicted octanol–water partition coefficient (Wildman–Crippen LogP) is 4.50. The van der Waals surface area contributed by atoms with Crippen LogP contribution in [0.5, 0.6) is 5.75 Å². The molecule has 0 radical (unpaired) electrons. The Kier molecular flexibility index (Phi) is 4.27. The van der Waals surface area contributed by atoms with Crippen LogP contribution in [0.3, 0.4) is 0 Å². The molecule has 0 fully saturated rings. The zero-order valence-electron chi connectivity index (χ0n) is 11.6. The van der Waals surface area contributed by atoms with Crippen molar-refractivity contribution in [2.45, 2.75) is 31.9 Å². The summed E-state index contributed by atoms with van der Waals surface area (Å²) in [7, 11) is 0. The van der Waals surface area contributed by atoms with Gasteiger partial charge in [-0.15, -0.1) is 0 Å². The fraction of sp³-hybridized carbons (Fsp3) is 0.294. The molecule has 0 saturated heterocycles. The van der Waals surface area contributed by atoms with Crippen LogP contribution < -0.4 is 10.5 Å². The summed E-state index contributed by atoms with van der Waals surface area (Å²) in [6.07, 6.45) is 3.22. The van der Waals surface area contributed by atoms with Crippen molar-refractivity contribution in [2.24, 2.45) is 5.73 Å². The Balaban J connectivity index is 1.76. The van der Waals surface area contributed by atoms with E-state index in [2.05, 4.69) is 22.0 Å². The molecule has 2 N–H and O–H groups in total. The molecule has 0 amide bonds. The molecule has 0 spiro atoms. The van der Waals surface area contributed by atoms with E-state index in [1.807, 2.05) is 12.1 Å². The molecule has 1 unspecified atom stereocenters. The van der Waals surface area contributed by atoms with E-state index in [1.54, 1.807) is 12.1 Å². The normalized spacial score (nSPS) is 17.4. The highest BCUT2D eigenvalue weighted by molar-refractivity contribution is 9.10. The van der Waals surface area contributed by atoms with Crippen LogP contribution in [0, 0.1) is 5.82 Å². The van der Waals surface area contributed by atoms with E-state index < -0.39 is 0 Å². The number of ether oxygens (including phenoxy) is 1. The second-order valence-electron chi connectivity index (χ2n) is 5.38.